The van der Waals surface area contributed by atoms with Gasteiger partial charge < -0.3 is 16.0 Å². The zero-order chi connectivity index (χ0) is 19.8. The van der Waals surface area contributed by atoms with Crippen molar-refractivity contribution >= 4 is 69.8 Å². The van der Waals surface area contributed by atoms with Gasteiger partial charge in [0.15, 0.2) is 5.11 Å². The largest absolute Gasteiger partial charge is 0.352 e. The number of rotatable bonds is 2. The fourth-order valence-corrected chi connectivity index (χ4v) is 4.62. The summed E-state index contributed by atoms with van der Waals surface area (Å²) in [5, 5.41) is 13.0. The minimum absolute atomic E-state index is 0.148. The molecule has 0 spiro atoms. The Bertz CT molecular complexity index is 1030. The number of halogens is 4. The van der Waals surface area contributed by atoms with Gasteiger partial charge >= 0.3 is 0 Å². The summed E-state index contributed by atoms with van der Waals surface area (Å²) >= 11 is 30.4. The normalized spacial score (nSPS) is 20.6. The first-order valence-corrected chi connectivity index (χ1v) is 10.5. The molecule has 0 aromatic heterocycles. The fourth-order valence-electron chi connectivity index (χ4n) is 3.42. The molecule has 1 atom stereocenters. The highest BCUT2D eigenvalue weighted by Gasteiger charge is 2.31. The van der Waals surface area contributed by atoms with E-state index in [0.717, 1.165) is 28.0 Å². The van der Waals surface area contributed by atoms with Gasteiger partial charge in [-0.1, -0.05) is 58.5 Å². The third kappa shape index (κ3) is 4.04. The van der Waals surface area contributed by atoms with Crippen LogP contribution in [0.1, 0.15) is 17.2 Å². The Morgan fingerprint density at radius 1 is 0.929 bits per heavy atom. The van der Waals surface area contributed by atoms with Gasteiger partial charge in [0.2, 0.25) is 0 Å². The van der Waals surface area contributed by atoms with Gasteiger partial charge in [0, 0.05) is 38.9 Å². The molecule has 2 aromatic rings. The Balaban J connectivity index is 1.80. The summed E-state index contributed by atoms with van der Waals surface area (Å²) in [4.78, 5) is 0. The van der Waals surface area contributed by atoms with Crippen LogP contribution in [0.15, 0.2) is 53.2 Å². The van der Waals surface area contributed by atoms with Crippen molar-refractivity contribution in [1.82, 2.24) is 16.0 Å². The zero-order valence-electron chi connectivity index (χ0n) is 14.5. The van der Waals surface area contributed by atoms with Crippen molar-refractivity contribution in [3.63, 3.8) is 0 Å². The summed E-state index contributed by atoms with van der Waals surface area (Å²) in [6.45, 7) is 1.39. The van der Waals surface area contributed by atoms with E-state index in [1.165, 1.54) is 0 Å². The highest BCUT2D eigenvalue weighted by molar-refractivity contribution is 7.80. The lowest BCUT2D eigenvalue weighted by Gasteiger charge is -2.36. The van der Waals surface area contributed by atoms with Crippen LogP contribution in [0, 0.1) is 0 Å². The predicted octanol–water partition coefficient (Wildman–Crippen LogP) is 5.76. The van der Waals surface area contributed by atoms with Gasteiger partial charge in [-0.2, -0.15) is 0 Å². The van der Waals surface area contributed by atoms with Crippen LogP contribution in [0.5, 0.6) is 0 Å². The Hall–Kier alpha value is -1.27. The first-order valence-electron chi connectivity index (χ1n) is 8.54. The van der Waals surface area contributed by atoms with Gasteiger partial charge in [0.05, 0.1) is 6.04 Å². The summed E-state index contributed by atoms with van der Waals surface area (Å²) < 4.78 is 0. The number of nitrogens with one attached hydrogen (secondary N) is 3. The molecule has 0 saturated heterocycles. The zero-order valence-corrected chi connectivity index (χ0v) is 18.3. The van der Waals surface area contributed by atoms with Gasteiger partial charge in [-0.3, -0.25) is 0 Å². The smallest absolute Gasteiger partial charge is 0.171 e. The fraction of sp³-hybridized carbons (Fsp3) is 0.150. The van der Waals surface area contributed by atoms with Crippen LogP contribution in [-0.4, -0.2) is 18.2 Å². The molecule has 0 bridgehead atoms. The van der Waals surface area contributed by atoms with E-state index in [4.69, 9.17) is 58.6 Å². The summed E-state index contributed by atoms with van der Waals surface area (Å²) in [5.74, 6) is 0. The Kier molecular flexibility index (Phi) is 5.88. The van der Waals surface area contributed by atoms with E-state index in [1.807, 2.05) is 30.3 Å². The van der Waals surface area contributed by atoms with Gasteiger partial charge in [-0.15, -0.1) is 0 Å². The monoisotopic (exact) mass is 469 g/mol. The molecule has 28 heavy (non-hydrogen) atoms. The molecule has 4 rings (SSSR count). The summed E-state index contributed by atoms with van der Waals surface area (Å²) in [6.07, 6.45) is 2.04. The van der Waals surface area contributed by atoms with Gasteiger partial charge in [-0.05, 0) is 64.8 Å². The Morgan fingerprint density at radius 3 is 2.36 bits per heavy atom. The molecule has 2 aliphatic rings. The van der Waals surface area contributed by atoms with E-state index in [-0.39, 0.29) is 6.04 Å². The van der Waals surface area contributed by atoms with E-state index in [0.29, 0.717) is 38.3 Å². The minimum atomic E-state index is -0.148. The molecular weight excluding hydrogens is 456 g/mol. The van der Waals surface area contributed by atoms with Gasteiger partial charge in [0.25, 0.3) is 0 Å². The van der Waals surface area contributed by atoms with Gasteiger partial charge in [-0.25, -0.2) is 0 Å². The number of hydrogen-bond acceptors (Lipinski definition) is 2. The molecule has 0 amide bonds. The van der Waals surface area contributed by atoms with Crippen molar-refractivity contribution in [2.75, 3.05) is 13.1 Å². The Labute approximate surface area is 188 Å². The molecule has 2 aromatic carbocycles. The molecule has 0 aliphatic carbocycles. The molecule has 0 saturated carbocycles. The number of hydrogen-bond donors (Lipinski definition) is 3. The van der Waals surface area contributed by atoms with Crippen LogP contribution in [0.3, 0.4) is 0 Å². The molecule has 0 fully saturated rings. The second kappa shape index (κ2) is 8.23. The lowest BCUT2D eigenvalue weighted by atomic mass is 9.90. The van der Waals surface area contributed by atoms with Crippen molar-refractivity contribution in [3.8, 4) is 0 Å². The molecule has 8 heteroatoms. The van der Waals surface area contributed by atoms with Crippen molar-refractivity contribution in [3.05, 3.63) is 84.5 Å². The van der Waals surface area contributed by atoms with Crippen molar-refractivity contribution in [2.24, 2.45) is 0 Å². The highest BCUT2D eigenvalue weighted by Crippen LogP contribution is 2.36. The number of thiocarbonyl (C=S) groups is 1. The van der Waals surface area contributed by atoms with Crippen molar-refractivity contribution in [1.29, 1.82) is 0 Å². The minimum Gasteiger partial charge on any atom is -0.352 e. The molecule has 0 radical (unpaired) electrons. The summed E-state index contributed by atoms with van der Waals surface area (Å²) in [6, 6.07) is 10.8. The predicted molar refractivity (Wildman–Crippen MR) is 122 cm³/mol. The average molecular weight is 471 g/mol. The van der Waals surface area contributed by atoms with E-state index in [1.54, 1.807) is 12.1 Å². The van der Waals surface area contributed by atoms with Crippen LogP contribution >= 0.6 is 58.6 Å². The third-order valence-electron chi connectivity index (χ3n) is 4.70. The second-order valence-corrected chi connectivity index (χ2v) is 8.63. The SMILES string of the molecule is S=C1NC2=C(CNC/C2=C\c2ccc(Cl)cc2Cl)C(c2ccc(Cl)cc2Cl)N1. The lowest BCUT2D eigenvalue weighted by Crippen LogP contribution is -2.49. The molecule has 3 nitrogen and oxygen atoms in total. The summed E-state index contributed by atoms with van der Waals surface area (Å²) in [7, 11) is 0. The van der Waals surface area contributed by atoms with Crippen LogP contribution in [0.4, 0.5) is 0 Å². The van der Waals surface area contributed by atoms with Crippen LogP contribution < -0.4 is 16.0 Å². The van der Waals surface area contributed by atoms with E-state index in [9.17, 15) is 0 Å². The first-order chi connectivity index (χ1) is 13.4. The summed E-state index contributed by atoms with van der Waals surface area (Å²) in [5.41, 5.74) is 4.99. The maximum atomic E-state index is 6.47. The van der Waals surface area contributed by atoms with E-state index >= 15 is 0 Å². The standard InChI is InChI=1S/C20H15Cl4N3S/c21-12-2-1-10(16(23)6-12)5-11-8-25-9-15-18(11)26-20(28)27-19(15)14-4-3-13(22)7-17(14)24/h1-7,19,25H,8-9H2,(H2,26,27,28)/b11-5+. The van der Waals surface area contributed by atoms with E-state index in [2.05, 4.69) is 16.0 Å². The quantitative estimate of drug-likeness (QED) is 0.487. The third-order valence-corrected chi connectivity index (χ3v) is 6.05. The maximum Gasteiger partial charge on any atom is 0.171 e. The molecule has 3 N–H and O–H groups in total. The molecule has 2 aliphatic heterocycles. The molecule has 144 valence electrons. The van der Waals surface area contributed by atoms with Crippen LogP contribution in [-0.2, 0) is 0 Å². The molecule has 2 heterocycles. The first kappa shape index (κ1) is 20.0. The average Bonchev–Trinajstić information content (AvgIpc) is 2.64. The Morgan fingerprint density at radius 2 is 1.64 bits per heavy atom. The topological polar surface area (TPSA) is 36.1 Å². The molecular formula is C20H15Cl4N3S. The van der Waals surface area contributed by atoms with Gasteiger partial charge in [0.1, 0.15) is 0 Å². The highest BCUT2D eigenvalue weighted by atomic mass is 35.5. The van der Waals surface area contributed by atoms with Crippen LogP contribution in [0.2, 0.25) is 20.1 Å². The number of benzene rings is 2. The van der Waals surface area contributed by atoms with Crippen LogP contribution in [0.25, 0.3) is 6.08 Å². The lowest BCUT2D eigenvalue weighted by molar-refractivity contribution is 0.614. The van der Waals surface area contributed by atoms with Crippen molar-refractivity contribution in [2.45, 2.75) is 6.04 Å². The van der Waals surface area contributed by atoms with Crippen molar-refractivity contribution < 1.29 is 0 Å². The second-order valence-electron chi connectivity index (χ2n) is 6.54. The van der Waals surface area contributed by atoms with E-state index < -0.39 is 0 Å². The maximum absolute atomic E-state index is 6.47. The molecule has 1 unspecified atom stereocenters.